The van der Waals surface area contributed by atoms with Crippen LogP contribution in [0.25, 0.3) is 0 Å². The van der Waals surface area contributed by atoms with Gasteiger partial charge in [-0.2, -0.15) is 0 Å². The number of aliphatic hydroxyl groups excluding tert-OH is 1. The first kappa shape index (κ1) is 21.1. The zero-order valence-electron chi connectivity index (χ0n) is 13.8. The van der Waals surface area contributed by atoms with E-state index in [4.69, 9.17) is 9.84 Å². The summed E-state index contributed by atoms with van der Waals surface area (Å²) < 4.78 is 11.8. The van der Waals surface area contributed by atoms with Gasteiger partial charge in [0.15, 0.2) is 6.04 Å². The maximum atomic E-state index is 12.1. The highest BCUT2D eigenvalue weighted by Gasteiger charge is 2.23. The number of esters is 1. The summed E-state index contributed by atoms with van der Waals surface area (Å²) in [4.78, 5) is 35.1. The normalized spacial score (nSPS) is 12.9. The maximum absolute atomic E-state index is 12.1. The summed E-state index contributed by atoms with van der Waals surface area (Å²) in [6.45, 7) is 4.50. The number of hydrogen-bond acceptors (Lipinski definition) is 8. The van der Waals surface area contributed by atoms with Gasteiger partial charge in [0, 0.05) is 13.2 Å². The van der Waals surface area contributed by atoms with Crippen molar-refractivity contribution in [3.05, 3.63) is 11.1 Å². The van der Waals surface area contributed by atoms with Crippen LogP contribution < -0.4 is 15.4 Å². The lowest BCUT2D eigenvalue weighted by Gasteiger charge is -2.20. The van der Waals surface area contributed by atoms with Crippen LogP contribution in [0.15, 0.2) is 11.1 Å². The van der Waals surface area contributed by atoms with E-state index in [1.807, 2.05) is 0 Å². The molecule has 0 aliphatic carbocycles. The molecule has 10 heteroatoms. The lowest BCUT2D eigenvalue weighted by molar-refractivity contribution is -0.145. The number of carbonyl (C=O) groups is 3. The Bertz CT molecular complexity index is 461. The van der Waals surface area contributed by atoms with Gasteiger partial charge in [0.05, 0.1) is 13.7 Å². The number of ether oxygens (including phenoxy) is 2. The van der Waals surface area contributed by atoms with E-state index in [9.17, 15) is 14.4 Å². The van der Waals surface area contributed by atoms with Crippen LogP contribution in [0.3, 0.4) is 0 Å². The zero-order chi connectivity index (χ0) is 18.0. The quantitative estimate of drug-likeness (QED) is 0.284. The molecule has 2 amide bonds. The summed E-state index contributed by atoms with van der Waals surface area (Å²) in [5, 5.41) is 14.0. The van der Waals surface area contributed by atoms with Gasteiger partial charge in [-0.05, 0) is 32.7 Å². The first-order valence-corrected chi connectivity index (χ1v) is 7.49. The largest absolute Gasteiger partial charge is 0.467 e. The Morgan fingerprint density at radius 3 is 2.35 bits per heavy atom. The van der Waals surface area contributed by atoms with E-state index < -0.39 is 36.2 Å². The molecular formula is C13H23N3O6S. The lowest BCUT2D eigenvalue weighted by atomic mass is 10.2. The SMILES string of the molecule is CN/C=C(\SNC(=O)OC(C)(C)C)C(=O)N[C@@H](CO)C(=O)OC. The van der Waals surface area contributed by atoms with Gasteiger partial charge in [0.25, 0.3) is 5.91 Å². The number of methoxy groups -OCH3 is 1. The van der Waals surface area contributed by atoms with Gasteiger partial charge >= 0.3 is 12.1 Å². The number of carbonyl (C=O) groups excluding carboxylic acids is 3. The van der Waals surface area contributed by atoms with Crippen LogP contribution in [-0.4, -0.2) is 55.5 Å². The Morgan fingerprint density at radius 2 is 1.91 bits per heavy atom. The van der Waals surface area contributed by atoms with Crippen molar-refractivity contribution in [3.8, 4) is 0 Å². The molecule has 9 nitrogen and oxygen atoms in total. The van der Waals surface area contributed by atoms with E-state index in [2.05, 4.69) is 20.1 Å². The average Bonchev–Trinajstić information content (AvgIpc) is 2.46. The van der Waals surface area contributed by atoms with Gasteiger partial charge in [-0.15, -0.1) is 0 Å². The third-order valence-electron chi connectivity index (χ3n) is 2.12. The predicted molar refractivity (Wildman–Crippen MR) is 85.1 cm³/mol. The van der Waals surface area contributed by atoms with Crippen LogP contribution in [0.5, 0.6) is 0 Å². The van der Waals surface area contributed by atoms with E-state index in [0.717, 1.165) is 7.11 Å². The highest BCUT2D eigenvalue weighted by atomic mass is 32.2. The molecule has 0 fully saturated rings. The van der Waals surface area contributed by atoms with Crippen LogP contribution in [0.4, 0.5) is 4.79 Å². The second-order valence-corrected chi connectivity index (χ2v) is 6.08. The summed E-state index contributed by atoms with van der Waals surface area (Å²) in [6, 6.07) is -1.20. The van der Waals surface area contributed by atoms with Gasteiger partial charge < -0.3 is 25.2 Å². The Morgan fingerprint density at radius 1 is 1.30 bits per heavy atom. The molecule has 0 aliphatic rings. The van der Waals surface area contributed by atoms with E-state index in [1.54, 1.807) is 27.8 Å². The van der Waals surface area contributed by atoms with Crippen molar-refractivity contribution in [3.63, 3.8) is 0 Å². The van der Waals surface area contributed by atoms with Crippen molar-refractivity contribution < 1.29 is 29.0 Å². The number of aliphatic hydroxyl groups is 1. The Labute approximate surface area is 139 Å². The summed E-state index contributed by atoms with van der Waals surface area (Å²) in [7, 11) is 2.70. The zero-order valence-corrected chi connectivity index (χ0v) is 14.6. The molecule has 0 aromatic carbocycles. The monoisotopic (exact) mass is 349 g/mol. The topological polar surface area (TPSA) is 126 Å². The molecule has 0 saturated heterocycles. The number of amides is 2. The van der Waals surface area contributed by atoms with Gasteiger partial charge in [0.1, 0.15) is 10.5 Å². The average molecular weight is 349 g/mol. The Kier molecular flexibility index (Phi) is 9.11. The fourth-order valence-corrected chi connectivity index (χ4v) is 1.78. The molecule has 0 radical (unpaired) electrons. The molecule has 0 aromatic rings. The van der Waals surface area contributed by atoms with E-state index in [-0.39, 0.29) is 4.91 Å². The standard InChI is InChI=1S/C13H23N3O6S/c1-13(2,3)22-12(20)16-23-9(6-14-4)10(18)15-8(7-17)11(19)21-5/h6,8,14,17H,7H2,1-5H3,(H,15,18)(H,16,20)/b9-6-/t8-/m0/s1. The van der Waals surface area contributed by atoms with Crippen molar-refractivity contribution in [1.82, 2.24) is 15.4 Å². The minimum Gasteiger partial charge on any atom is -0.467 e. The molecule has 0 bridgehead atoms. The third kappa shape index (κ3) is 8.94. The molecule has 0 heterocycles. The van der Waals surface area contributed by atoms with Crippen LogP contribution in [0, 0.1) is 0 Å². The molecule has 0 aliphatic heterocycles. The molecule has 0 spiro atoms. The summed E-state index contributed by atoms with van der Waals surface area (Å²) in [6.07, 6.45) is 0.604. The van der Waals surface area contributed by atoms with Crippen molar-refractivity contribution >= 4 is 29.9 Å². The molecule has 4 N–H and O–H groups in total. The molecule has 1 atom stereocenters. The van der Waals surface area contributed by atoms with Crippen molar-refractivity contribution in [2.75, 3.05) is 20.8 Å². The molecular weight excluding hydrogens is 326 g/mol. The fraction of sp³-hybridized carbons (Fsp3) is 0.615. The third-order valence-corrected chi connectivity index (χ3v) is 2.91. The molecule has 0 saturated carbocycles. The molecule has 0 aromatic heterocycles. The van der Waals surface area contributed by atoms with E-state index >= 15 is 0 Å². The van der Waals surface area contributed by atoms with E-state index in [0.29, 0.717) is 11.9 Å². The first-order chi connectivity index (χ1) is 10.6. The summed E-state index contributed by atoms with van der Waals surface area (Å²) >= 11 is 0.703. The minimum absolute atomic E-state index is 0.0562. The lowest BCUT2D eigenvalue weighted by Crippen LogP contribution is -2.44. The highest BCUT2D eigenvalue weighted by Crippen LogP contribution is 2.14. The van der Waals surface area contributed by atoms with Crippen molar-refractivity contribution in [1.29, 1.82) is 0 Å². The molecule has 0 rings (SSSR count). The van der Waals surface area contributed by atoms with Gasteiger partial charge in [-0.3, -0.25) is 9.52 Å². The minimum atomic E-state index is -1.20. The second kappa shape index (κ2) is 9.95. The fourth-order valence-electron chi connectivity index (χ4n) is 1.22. The van der Waals surface area contributed by atoms with Crippen LogP contribution >= 0.6 is 11.9 Å². The summed E-state index contributed by atoms with van der Waals surface area (Å²) in [5.41, 5.74) is -0.674. The highest BCUT2D eigenvalue weighted by molar-refractivity contribution is 8.02. The maximum Gasteiger partial charge on any atom is 0.418 e. The predicted octanol–water partition coefficient (Wildman–Crippen LogP) is -0.130. The first-order valence-electron chi connectivity index (χ1n) is 6.67. The number of rotatable bonds is 7. The van der Waals surface area contributed by atoms with Crippen LogP contribution in [-0.2, 0) is 19.1 Å². The number of nitrogens with one attached hydrogen (secondary N) is 3. The van der Waals surface area contributed by atoms with Gasteiger partial charge in [0.2, 0.25) is 0 Å². The smallest absolute Gasteiger partial charge is 0.418 e. The van der Waals surface area contributed by atoms with Gasteiger partial charge in [-0.25, -0.2) is 9.59 Å². The second-order valence-electron chi connectivity index (χ2n) is 5.24. The molecule has 23 heavy (non-hydrogen) atoms. The molecule has 132 valence electrons. The van der Waals surface area contributed by atoms with Gasteiger partial charge in [-0.1, -0.05) is 0 Å². The Balaban J connectivity index is 4.73. The van der Waals surface area contributed by atoms with Crippen LogP contribution in [0.1, 0.15) is 20.8 Å². The van der Waals surface area contributed by atoms with Crippen molar-refractivity contribution in [2.24, 2.45) is 0 Å². The van der Waals surface area contributed by atoms with E-state index in [1.165, 1.54) is 6.20 Å². The number of hydrogen-bond donors (Lipinski definition) is 4. The Hall–Kier alpha value is -1.94. The van der Waals surface area contributed by atoms with Crippen LogP contribution in [0.2, 0.25) is 0 Å². The van der Waals surface area contributed by atoms with Crippen molar-refractivity contribution in [2.45, 2.75) is 32.4 Å². The molecule has 0 unspecified atom stereocenters. The summed E-state index contributed by atoms with van der Waals surface area (Å²) in [5.74, 6) is -1.46.